The van der Waals surface area contributed by atoms with Gasteiger partial charge in [0.1, 0.15) is 0 Å². The minimum absolute atomic E-state index is 0.0632. The molecule has 0 saturated carbocycles. The van der Waals surface area contributed by atoms with Crippen LogP contribution in [-0.2, 0) is 20.9 Å². The van der Waals surface area contributed by atoms with E-state index in [1.165, 1.54) is 24.3 Å². The van der Waals surface area contributed by atoms with Gasteiger partial charge >= 0.3 is 12.1 Å². The Balaban J connectivity index is 1.66. The lowest BCUT2D eigenvalue weighted by Crippen LogP contribution is -2.41. The van der Waals surface area contributed by atoms with E-state index in [4.69, 9.17) is 6.42 Å². The molecule has 256 valence electrons. The smallest absolute Gasteiger partial charge is 0.356 e. The van der Waals surface area contributed by atoms with Crippen LogP contribution in [-0.4, -0.2) is 62.3 Å². The summed E-state index contributed by atoms with van der Waals surface area (Å²) in [6.07, 6.45) is 4.61. The van der Waals surface area contributed by atoms with Crippen LogP contribution in [0.5, 0.6) is 0 Å². The Kier molecular flexibility index (Phi) is 13.2. The third kappa shape index (κ3) is 10.9. The number of carbonyl (C=O) groups excluding carboxylic acids is 4. The highest BCUT2D eigenvalue weighted by Crippen LogP contribution is 2.26. The number of aromatic amines is 1. The number of terminal acetylenes is 1. The summed E-state index contributed by atoms with van der Waals surface area (Å²) in [4.78, 5) is 76.3. The molecule has 0 aliphatic heterocycles. The largest absolute Gasteiger partial charge is 0.471 e. The molecule has 0 spiro atoms. The molecule has 48 heavy (non-hydrogen) atoms. The lowest BCUT2D eigenvalue weighted by Gasteiger charge is -2.24. The summed E-state index contributed by atoms with van der Waals surface area (Å²) in [7, 11) is 0. The van der Waals surface area contributed by atoms with E-state index in [0.717, 1.165) is 12.6 Å². The van der Waals surface area contributed by atoms with Gasteiger partial charge in [0.2, 0.25) is 17.8 Å². The maximum atomic E-state index is 13.6. The normalized spacial score (nSPS) is 11.9. The van der Waals surface area contributed by atoms with Crippen LogP contribution in [0.4, 0.5) is 24.8 Å². The van der Waals surface area contributed by atoms with Crippen LogP contribution in [0, 0.1) is 18.3 Å². The molecule has 0 bridgehead atoms. The number of fused-ring (bicyclic) bond motifs is 1. The fourth-order valence-corrected chi connectivity index (χ4v) is 4.36. The minimum atomic E-state index is -5.25. The number of unbranched alkanes of at least 4 members (excludes halogenated alkanes) is 2. The average Bonchev–Trinajstić information content (AvgIpc) is 3.03. The van der Waals surface area contributed by atoms with Gasteiger partial charge in [-0.25, -0.2) is 9.97 Å². The molecule has 3 aromatic rings. The summed E-state index contributed by atoms with van der Waals surface area (Å²) in [5.74, 6) is -1.22. The highest BCUT2D eigenvalue weighted by atomic mass is 19.4. The number of amides is 4. The number of alkyl halides is 3. The van der Waals surface area contributed by atoms with Crippen LogP contribution in [0.25, 0.3) is 11.2 Å². The summed E-state index contributed by atoms with van der Waals surface area (Å²) in [6.45, 7) is 4.88. The first-order valence-electron chi connectivity index (χ1n) is 15.3. The molecule has 0 aliphatic carbocycles. The lowest BCUT2D eigenvalue weighted by atomic mass is 10.1. The number of benzene rings is 1. The van der Waals surface area contributed by atoms with Crippen LogP contribution >= 0.6 is 0 Å². The average molecular weight is 671 g/mol. The van der Waals surface area contributed by atoms with Crippen molar-refractivity contribution in [3.05, 3.63) is 52.1 Å². The summed E-state index contributed by atoms with van der Waals surface area (Å²) >= 11 is 0. The Morgan fingerprint density at radius 3 is 2.40 bits per heavy atom. The lowest BCUT2D eigenvalue weighted by molar-refractivity contribution is -0.170. The number of anilines is 2. The molecule has 0 radical (unpaired) electrons. The molecular formula is C32H37F3N8O5. The van der Waals surface area contributed by atoms with Gasteiger partial charge in [0.05, 0.1) is 18.4 Å². The van der Waals surface area contributed by atoms with Gasteiger partial charge in [0.15, 0.2) is 11.2 Å². The number of nitrogens with zero attached hydrogens (tertiary/aromatic N) is 4. The van der Waals surface area contributed by atoms with E-state index in [9.17, 15) is 37.1 Å². The predicted octanol–water partition coefficient (Wildman–Crippen LogP) is 3.61. The molecule has 3 rings (SSSR count). The maximum Gasteiger partial charge on any atom is 0.471 e. The van der Waals surface area contributed by atoms with Crippen LogP contribution in [0.15, 0.2) is 35.3 Å². The van der Waals surface area contributed by atoms with Crippen molar-refractivity contribution < 1.29 is 32.3 Å². The Bertz CT molecular complexity index is 1720. The fourth-order valence-electron chi connectivity index (χ4n) is 4.36. The zero-order valence-corrected chi connectivity index (χ0v) is 26.7. The van der Waals surface area contributed by atoms with Crippen LogP contribution in [0.3, 0.4) is 0 Å². The Hall–Kier alpha value is -5.33. The van der Waals surface area contributed by atoms with Crippen molar-refractivity contribution in [2.75, 3.05) is 16.8 Å². The monoisotopic (exact) mass is 670 g/mol. The first kappa shape index (κ1) is 37.1. The molecule has 0 aliphatic rings. The van der Waals surface area contributed by atoms with Gasteiger partial charge in [-0.1, -0.05) is 13.8 Å². The zero-order valence-electron chi connectivity index (χ0n) is 26.7. The van der Waals surface area contributed by atoms with Crippen LogP contribution in [0.1, 0.15) is 75.3 Å². The van der Waals surface area contributed by atoms with E-state index in [1.807, 2.05) is 6.92 Å². The molecule has 2 heterocycles. The molecule has 1 aromatic carbocycles. The first-order valence-corrected chi connectivity index (χ1v) is 15.3. The molecule has 13 nitrogen and oxygen atoms in total. The first-order chi connectivity index (χ1) is 22.7. The number of H-pyrrole nitrogens is 1. The van der Waals surface area contributed by atoms with E-state index in [0.29, 0.717) is 43.5 Å². The molecular weight excluding hydrogens is 633 g/mol. The van der Waals surface area contributed by atoms with Crippen LogP contribution in [0.2, 0.25) is 0 Å². The van der Waals surface area contributed by atoms with Crippen molar-refractivity contribution in [3.8, 4) is 12.3 Å². The molecule has 4 N–H and O–H groups in total. The zero-order chi connectivity index (χ0) is 35.4. The number of hydrogen-bond acceptors (Lipinski definition) is 8. The number of hydrogen-bond donors (Lipinski definition) is 4. The topological polar surface area (TPSA) is 179 Å². The summed E-state index contributed by atoms with van der Waals surface area (Å²) in [6, 6.07) is 4.75. The Morgan fingerprint density at radius 1 is 1.04 bits per heavy atom. The van der Waals surface area contributed by atoms with E-state index < -0.39 is 41.9 Å². The van der Waals surface area contributed by atoms with E-state index >= 15 is 0 Å². The summed E-state index contributed by atoms with van der Waals surface area (Å²) in [5, 5.41) is 8.06. The third-order valence-electron chi connectivity index (χ3n) is 6.97. The summed E-state index contributed by atoms with van der Waals surface area (Å²) in [5.41, 5.74) is -1.44. The quantitative estimate of drug-likeness (QED) is 0.140. The Labute approximate surface area is 274 Å². The minimum Gasteiger partial charge on any atom is -0.356 e. The van der Waals surface area contributed by atoms with Crippen LogP contribution < -0.4 is 26.4 Å². The second-order valence-corrected chi connectivity index (χ2v) is 11.3. The van der Waals surface area contributed by atoms with Crippen molar-refractivity contribution in [1.29, 1.82) is 0 Å². The number of rotatable bonds is 15. The third-order valence-corrected chi connectivity index (χ3v) is 6.97. The SMILES string of the molecule is C#CCCCC(=O)NCCCC[C@@H](C)NC(=O)c1ccc(N(Cc2cnc3nc(NC(=O)C(C)C)[nH]c(=O)c3n2)C(=O)C(F)(F)F)cc1. The summed E-state index contributed by atoms with van der Waals surface area (Å²) < 4.78 is 40.8. The van der Waals surface area contributed by atoms with Gasteiger partial charge in [-0.05, 0) is 56.9 Å². The number of carbonyl (C=O) groups is 4. The number of nitrogens with one attached hydrogen (secondary N) is 4. The molecule has 16 heteroatoms. The molecule has 0 unspecified atom stereocenters. The fraction of sp³-hybridized carbons (Fsp3) is 0.438. The van der Waals surface area contributed by atoms with E-state index in [2.05, 4.69) is 41.8 Å². The highest BCUT2D eigenvalue weighted by Gasteiger charge is 2.43. The molecule has 0 saturated heterocycles. The Morgan fingerprint density at radius 2 is 1.75 bits per heavy atom. The molecule has 2 aromatic heterocycles. The van der Waals surface area contributed by atoms with Gasteiger partial charge in [0, 0.05) is 42.6 Å². The van der Waals surface area contributed by atoms with Crippen molar-refractivity contribution in [3.63, 3.8) is 0 Å². The number of halogens is 3. The van der Waals surface area contributed by atoms with E-state index in [1.54, 1.807) is 13.8 Å². The van der Waals surface area contributed by atoms with Gasteiger partial charge in [-0.2, -0.15) is 18.2 Å². The van der Waals surface area contributed by atoms with Gasteiger partial charge in [0.25, 0.3) is 11.5 Å². The second-order valence-electron chi connectivity index (χ2n) is 11.3. The van der Waals surface area contributed by atoms with Gasteiger partial charge in [-0.3, -0.25) is 39.2 Å². The maximum absolute atomic E-state index is 13.6. The van der Waals surface area contributed by atoms with Crippen molar-refractivity contribution in [2.45, 2.75) is 78.1 Å². The molecule has 4 amide bonds. The van der Waals surface area contributed by atoms with Crippen molar-refractivity contribution in [1.82, 2.24) is 30.6 Å². The number of aromatic nitrogens is 4. The van der Waals surface area contributed by atoms with Gasteiger partial charge < -0.3 is 10.6 Å². The van der Waals surface area contributed by atoms with E-state index in [-0.39, 0.29) is 46.0 Å². The van der Waals surface area contributed by atoms with Crippen molar-refractivity contribution in [2.24, 2.45) is 5.92 Å². The molecule has 0 fully saturated rings. The molecule has 1 atom stereocenters. The second kappa shape index (κ2) is 17.0. The predicted molar refractivity (Wildman–Crippen MR) is 172 cm³/mol. The standard InChI is InChI=1S/C32H37F3N8O5/c1-5-6-7-11-24(44)36-16-9-8-10-20(4)38-28(46)21-12-14-23(15-13-21)43(30(48)32(33,34)35)18-22-17-37-26-25(39-22)29(47)42-31(40-26)41-27(45)19(2)3/h1,12-15,17,19-20H,6-11,16,18H2,2-4H3,(H,36,44)(H,38,46)(H2,37,40,41,42,45,47)/t20-/m1/s1. The van der Waals surface area contributed by atoms with Crippen molar-refractivity contribution >= 4 is 46.4 Å². The highest BCUT2D eigenvalue weighted by molar-refractivity contribution is 5.99. The van der Waals surface area contributed by atoms with Gasteiger partial charge in [-0.15, -0.1) is 12.3 Å².